The lowest BCUT2D eigenvalue weighted by Gasteiger charge is -2.23. The number of ether oxygens (including phenoxy) is 3. The summed E-state index contributed by atoms with van der Waals surface area (Å²) in [5.74, 6) is 0.783. The van der Waals surface area contributed by atoms with Crippen molar-refractivity contribution in [3.05, 3.63) is 40.9 Å². The molecule has 0 saturated heterocycles. The zero-order chi connectivity index (χ0) is 21.0. The number of carbonyl (C=O) groups is 2. The first-order chi connectivity index (χ1) is 13.9. The Morgan fingerprint density at radius 3 is 2.76 bits per heavy atom. The number of hydrogen-bond donors (Lipinski definition) is 2. The normalized spacial score (nSPS) is 15.0. The van der Waals surface area contributed by atoms with Crippen LogP contribution in [0.3, 0.4) is 0 Å². The molecule has 1 aliphatic heterocycles. The Bertz CT molecular complexity index is 932. The summed E-state index contributed by atoms with van der Waals surface area (Å²) in [6, 6.07) is 8.17. The van der Waals surface area contributed by atoms with E-state index in [0.717, 1.165) is 6.42 Å². The van der Waals surface area contributed by atoms with Gasteiger partial charge in [-0.3, -0.25) is 9.59 Å². The van der Waals surface area contributed by atoms with E-state index >= 15 is 0 Å². The van der Waals surface area contributed by atoms with Crippen LogP contribution in [0.4, 0.5) is 11.4 Å². The van der Waals surface area contributed by atoms with E-state index in [-0.39, 0.29) is 11.8 Å². The monoisotopic (exact) mass is 418 g/mol. The summed E-state index contributed by atoms with van der Waals surface area (Å²) in [5.41, 5.74) is 1.34. The van der Waals surface area contributed by atoms with Crippen LogP contribution >= 0.6 is 11.6 Å². The summed E-state index contributed by atoms with van der Waals surface area (Å²) in [6.07, 6.45) is 0.261. The van der Waals surface area contributed by atoms with Gasteiger partial charge in [0.25, 0.3) is 11.8 Å². The Hall–Kier alpha value is -2.93. The standard InChI is InChI=1S/C21H23ClN2O5/c1-4-8-28-19-15(22)9-13(10-18(19)27-5-2)21(26)23-14-6-7-17-16(11-14)24-20(25)12(3)29-17/h6-7,9-12H,4-5,8H2,1-3H3,(H,23,26)(H,24,25)/t12-/m1/s1. The quantitative estimate of drug-likeness (QED) is 0.691. The second-order valence-electron chi connectivity index (χ2n) is 6.48. The predicted molar refractivity (Wildman–Crippen MR) is 112 cm³/mol. The highest BCUT2D eigenvalue weighted by atomic mass is 35.5. The van der Waals surface area contributed by atoms with Crippen molar-refractivity contribution in [3.63, 3.8) is 0 Å². The van der Waals surface area contributed by atoms with E-state index in [0.29, 0.717) is 52.4 Å². The number of fused-ring (bicyclic) bond motifs is 1. The second kappa shape index (κ2) is 9.05. The molecule has 0 saturated carbocycles. The van der Waals surface area contributed by atoms with Crippen LogP contribution in [0.1, 0.15) is 37.6 Å². The molecule has 8 heteroatoms. The van der Waals surface area contributed by atoms with Crippen molar-refractivity contribution in [2.75, 3.05) is 23.8 Å². The summed E-state index contributed by atoms with van der Waals surface area (Å²) in [7, 11) is 0. The molecule has 1 heterocycles. The van der Waals surface area contributed by atoms with Gasteiger partial charge in [0.05, 0.1) is 23.9 Å². The third-order valence-corrected chi connectivity index (χ3v) is 4.47. The van der Waals surface area contributed by atoms with Crippen LogP contribution in [0, 0.1) is 0 Å². The van der Waals surface area contributed by atoms with Crippen molar-refractivity contribution >= 4 is 34.8 Å². The number of amides is 2. The molecule has 0 radical (unpaired) electrons. The van der Waals surface area contributed by atoms with Gasteiger partial charge in [-0.15, -0.1) is 0 Å². The number of carbonyl (C=O) groups excluding carboxylic acids is 2. The van der Waals surface area contributed by atoms with Crippen molar-refractivity contribution in [3.8, 4) is 17.2 Å². The minimum Gasteiger partial charge on any atom is -0.490 e. The molecule has 2 aromatic carbocycles. The molecular weight excluding hydrogens is 396 g/mol. The van der Waals surface area contributed by atoms with Crippen molar-refractivity contribution in [1.29, 1.82) is 0 Å². The van der Waals surface area contributed by atoms with E-state index in [2.05, 4.69) is 10.6 Å². The SMILES string of the molecule is CCCOc1c(Cl)cc(C(=O)Nc2ccc3c(c2)NC(=O)[C@@H](C)O3)cc1OCC. The van der Waals surface area contributed by atoms with Crippen molar-refractivity contribution in [1.82, 2.24) is 0 Å². The van der Waals surface area contributed by atoms with E-state index in [1.165, 1.54) is 6.07 Å². The molecule has 1 atom stereocenters. The number of rotatable bonds is 7. The van der Waals surface area contributed by atoms with Gasteiger partial charge in [-0.05, 0) is 50.6 Å². The minimum atomic E-state index is -0.560. The molecule has 7 nitrogen and oxygen atoms in total. The lowest BCUT2D eigenvalue weighted by Crippen LogP contribution is -2.34. The molecule has 2 N–H and O–H groups in total. The smallest absolute Gasteiger partial charge is 0.265 e. The molecule has 1 aliphatic rings. The van der Waals surface area contributed by atoms with Crippen molar-refractivity contribution in [2.45, 2.75) is 33.3 Å². The predicted octanol–water partition coefficient (Wildman–Crippen LogP) is 4.50. The van der Waals surface area contributed by atoms with Crippen LogP contribution in [0.2, 0.25) is 5.02 Å². The summed E-state index contributed by atoms with van der Waals surface area (Å²) in [4.78, 5) is 24.5. The Morgan fingerprint density at radius 1 is 1.24 bits per heavy atom. The maximum Gasteiger partial charge on any atom is 0.265 e. The number of anilines is 2. The minimum absolute atomic E-state index is 0.239. The third kappa shape index (κ3) is 4.74. The first-order valence-electron chi connectivity index (χ1n) is 9.45. The fraction of sp³-hybridized carbons (Fsp3) is 0.333. The molecule has 0 bridgehead atoms. The van der Waals surface area contributed by atoms with Crippen molar-refractivity contribution < 1.29 is 23.8 Å². The first kappa shape index (κ1) is 20.8. The van der Waals surface area contributed by atoms with Crippen LogP contribution in [-0.4, -0.2) is 31.1 Å². The lowest BCUT2D eigenvalue weighted by molar-refractivity contribution is -0.122. The number of nitrogens with one attached hydrogen (secondary N) is 2. The molecule has 0 aliphatic carbocycles. The fourth-order valence-corrected chi connectivity index (χ4v) is 3.06. The summed E-state index contributed by atoms with van der Waals surface area (Å²) in [5, 5.41) is 5.85. The van der Waals surface area contributed by atoms with E-state index in [1.54, 1.807) is 31.2 Å². The van der Waals surface area contributed by atoms with Crippen LogP contribution < -0.4 is 24.8 Å². The highest BCUT2D eigenvalue weighted by Gasteiger charge is 2.24. The van der Waals surface area contributed by atoms with Gasteiger partial charge in [0.15, 0.2) is 17.6 Å². The maximum absolute atomic E-state index is 12.7. The highest BCUT2D eigenvalue weighted by molar-refractivity contribution is 6.32. The summed E-state index contributed by atoms with van der Waals surface area (Å²) >= 11 is 6.33. The average Bonchev–Trinajstić information content (AvgIpc) is 2.68. The van der Waals surface area contributed by atoms with E-state index in [4.69, 9.17) is 25.8 Å². The third-order valence-electron chi connectivity index (χ3n) is 4.19. The van der Waals surface area contributed by atoms with E-state index in [1.807, 2.05) is 13.8 Å². The largest absolute Gasteiger partial charge is 0.490 e. The molecule has 0 aromatic heterocycles. The Morgan fingerprint density at radius 2 is 2.03 bits per heavy atom. The molecule has 0 fully saturated rings. The van der Waals surface area contributed by atoms with E-state index in [9.17, 15) is 9.59 Å². The van der Waals surface area contributed by atoms with Gasteiger partial charge < -0.3 is 24.8 Å². The van der Waals surface area contributed by atoms with Crippen LogP contribution in [0.5, 0.6) is 17.2 Å². The zero-order valence-electron chi connectivity index (χ0n) is 16.5. The van der Waals surface area contributed by atoms with Gasteiger partial charge in [-0.25, -0.2) is 0 Å². The Kier molecular flexibility index (Phi) is 6.49. The summed E-state index contributed by atoms with van der Waals surface area (Å²) in [6.45, 7) is 6.40. The topological polar surface area (TPSA) is 85.9 Å². The molecule has 154 valence electrons. The lowest BCUT2D eigenvalue weighted by atomic mass is 10.1. The van der Waals surface area contributed by atoms with Gasteiger partial charge in [0.1, 0.15) is 5.75 Å². The number of hydrogen-bond acceptors (Lipinski definition) is 5. The van der Waals surface area contributed by atoms with Gasteiger partial charge in [0, 0.05) is 11.3 Å². The van der Waals surface area contributed by atoms with Crippen molar-refractivity contribution in [2.24, 2.45) is 0 Å². The molecular formula is C21H23ClN2O5. The molecule has 0 unspecified atom stereocenters. The van der Waals surface area contributed by atoms with Crippen LogP contribution in [0.15, 0.2) is 30.3 Å². The number of benzene rings is 2. The Labute approximate surface area is 174 Å². The second-order valence-corrected chi connectivity index (χ2v) is 6.89. The van der Waals surface area contributed by atoms with Gasteiger partial charge >= 0.3 is 0 Å². The molecule has 2 aromatic rings. The van der Waals surface area contributed by atoms with Gasteiger partial charge in [0.2, 0.25) is 0 Å². The Balaban J connectivity index is 1.82. The van der Waals surface area contributed by atoms with Gasteiger partial charge in [-0.2, -0.15) is 0 Å². The molecule has 3 rings (SSSR count). The molecule has 29 heavy (non-hydrogen) atoms. The molecule has 2 amide bonds. The first-order valence-corrected chi connectivity index (χ1v) is 9.82. The van der Waals surface area contributed by atoms with Crippen LogP contribution in [0.25, 0.3) is 0 Å². The molecule has 0 spiro atoms. The number of halogens is 1. The van der Waals surface area contributed by atoms with E-state index < -0.39 is 6.10 Å². The zero-order valence-corrected chi connectivity index (χ0v) is 17.3. The van der Waals surface area contributed by atoms with Crippen LogP contribution in [-0.2, 0) is 4.79 Å². The van der Waals surface area contributed by atoms with Gasteiger partial charge in [-0.1, -0.05) is 18.5 Å². The highest BCUT2D eigenvalue weighted by Crippen LogP contribution is 2.37. The maximum atomic E-state index is 12.7. The average molecular weight is 419 g/mol. The fourth-order valence-electron chi connectivity index (χ4n) is 2.80. The summed E-state index contributed by atoms with van der Waals surface area (Å²) < 4.78 is 16.8.